The first-order valence-electron chi connectivity index (χ1n) is 12.1. The molecule has 0 saturated heterocycles. The number of carbonyl (C=O) groups is 7. The number of nitrogens with one attached hydrogen (secondary N) is 5. The molecule has 0 spiro atoms. The summed E-state index contributed by atoms with van der Waals surface area (Å²) in [5, 5.41) is 39.4. The summed E-state index contributed by atoms with van der Waals surface area (Å²) >= 11 is 0. The van der Waals surface area contributed by atoms with Crippen molar-refractivity contribution < 1.29 is 48.9 Å². The molecule has 17 heteroatoms. The second-order valence-electron chi connectivity index (χ2n) is 9.15. The van der Waals surface area contributed by atoms with Crippen molar-refractivity contribution in [1.82, 2.24) is 26.6 Å². The number of rotatable bonds is 17. The summed E-state index contributed by atoms with van der Waals surface area (Å²) in [6.07, 6.45) is -1.79. The third-order valence-electron chi connectivity index (χ3n) is 5.33. The second-order valence-corrected chi connectivity index (χ2v) is 9.15. The fraction of sp³-hybridized carbons (Fsp3) is 0.682. The Morgan fingerprint density at radius 2 is 1.33 bits per heavy atom. The van der Waals surface area contributed by atoms with Gasteiger partial charge in [0.05, 0.1) is 18.8 Å². The fourth-order valence-corrected chi connectivity index (χ4v) is 3.02. The summed E-state index contributed by atoms with van der Waals surface area (Å²) in [6, 6.07) is -6.78. The van der Waals surface area contributed by atoms with Crippen LogP contribution in [-0.2, 0) is 33.6 Å². The molecule has 0 aliphatic heterocycles. The number of aliphatic hydroxyl groups is 2. The molecule has 12 N–H and O–H groups in total. The van der Waals surface area contributed by atoms with Crippen molar-refractivity contribution in [1.29, 1.82) is 0 Å². The summed E-state index contributed by atoms with van der Waals surface area (Å²) < 4.78 is 0. The maximum absolute atomic E-state index is 12.7. The molecule has 0 aliphatic carbocycles. The van der Waals surface area contributed by atoms with Gasteiger partial charge in [-0.1, -0.05) is 13.8 Å². The topological polar surface area (TPSA) is 292 Å². The molecule has 0 rings (SSSR count). The van der Waals surface area contributed by atoms with E-state index in [1.54, 1.807) is 13.8 Å². The summed E-state index contributed by atoms with van der Waals surface area (Å²) in [7, 11) is 0. The van der Waals surface area contributed by atoms with Crippen LogP contribution < -0.4 is 38.1 Å². The van der Waals surface area contributed by atoms with Gasteiger partial charge in [-0.15, -0.1) is 0 Å². The Labute approximate surface area is 224 Å². The summed E-state index contributed by atoms with van der Waals surface area (Å²) in [4.78, 5) is 83.8. The number of carboxylic acid groups (broad SMARTS) is 1. The van der Waals surface area contributed by atoms with Crippen molar-refractivity contribution in [3.8, 4) is 0 Å². The molecule has 0 aromatic heterocycles. The van der Waals surface area contributed by atoms with Gasteiger partial charge >= 0.3 is 5.97 Å². The minimum atomic E-state index is -1.62. The molecule has 17 nitrogen and oxygen atoms in total. The zero-order valence-electron chi connectivity index (χ0n) is 22.2. The van der Waals surface area contributed by atoms with E-state index in [1.807, 2.05) is 0 Å². The van der Waals surface area contributed by atoms with Crippen LogP contribution in [-0.4, -0.2) is 106 Å². The normalized spacial score (nSPS) is 15.5. The Balaban J connectivity index is 5.25. The molecule has 222 valence electrons. The van der Waals surface area contributed by atoms with E-state index < -0.39 is 96.8 Å². The minimum absolute atomic E-state index is 0.113. The van der Waals surface area contributed by atoms with Gasteiger partial charge in [-0.3, -0.25) is 33.6 Å². The highest BCUT2D eigenvalue weighted by atomic mass is 16.4. The van der Waals surface area contributed by atoms with Crippen molar-refractivity contribution in [3.63, 3.8) is 0 Å². The highest BCUT2D eigenvalue weighted by Crippen LogP contribution is 2.04. The van der Waals surface area contributed by atoms with Crippen LogP contribution in [0.4, 0.5) is 0 Å². The molecule has 0 saturated carbocycles. The van der Waals surface area contributed by atoms with E-state index in [0.717, 1.165) is 0 Å². The predicted molar refractivity (Wildman–Crippen MR) is 134 cm³/mol. The lowest BCUT2D eigenvalue weighted by molar-refractivity contribution is -0.139. The molecule has 0 bridgehead atoms. The van der Waals surface area contributed by atoms with Gasteiger partial charge in [0.1, 0.15) is 30.7 Å². The first-order chi connectivity index (χ1) is 18.0. The van der Waals surface area contributed by atoms with Gasteiger partial charge in [0.15, 0.2) is 0 Å². The van der Waals surface area contributed by atoms with Gasteiger partial charge < -0.3 is 53.4 Å². The first-order valence-corrected chi connectivity index (χ1v) is 12.1. The second kappa shape index (κ2) is 16.9. The van der Waals surface area contributed by atoms with E-state index in [4.69, 9.17) is 16.6 Å². The SMILES string of the molecule is CC(C)[C@H](NC(=O)[C@H](C)NC(=O)[C@@H](NC(=O)[C@H](CO)NC(=O)[C@@H](N)CCC(N)=O)[C@@H](C)O)C(=O)NCC(=O)O. The van der Waals surface area contributed by atoms with E-state index in [0.29, 0.717) is 0 Å². The predicted octanol–water partition coefficient (Wildman–Crippen LogP) is -5.23. The fourth-order valence-electron chi connectivity index (χ4n) is 3.02. The standard InChI is InChI=1S/C22H39N7O10/c1-9(2)16(21(38)25-7-15(33)34)28-18(35)10(3)26-22(39)17(11(4)31)29-20(37)13(8-30)27-19(36)12(23)5-6-14(24)32/h9-13,16-17,30-31H,5-8,23H2,1-4H3,(H2,24,32)(H,25,38)(H,26,39)(H,27,36)(H,28,35)(H,29,37)(H,33,34)/t10-,11+,12-,13-,16-,17-/m0/s1. The van der Waals surface area contributed by atoms with Crippen LogP contribution in [0.1, 0.15) is 40.5 Å². The van der Waals surface area contributed by atoms with Gasteiger partial charge in [0.25, 0.3) is 0 Å². The number of aliphatic hydroxyl groups excluding tert-OH is 2. The minimum Gasteiger partial charge on any atom is -0.480 e. The van der Waals surface area contributed by atoms with Crippen molar-refractivity contribution in [2.45, 2.75) is 76.8 Å². The highest BCUT2D eigenvalue weighted by molar-refractivity contribution is 5.96. The van der Waals surface area contributed by atoms with E-state index in [-0.39, 0.29) is 12.8 Å². The summed E-state index contributed by atoms with van der Waals surface area (Å²) in [5.41, 5.74) is 10.6. The number of aliphatic carboxylic acids is 1. The van der Waals surface area contributed by atoms with Crippen molar-refractivity contribution in [3.05, 3.63) is 0 Å². The monoisotopic (exact) mass is 561 g/mol. The molecule has 0 aromatic rings. The Morgan fingerprint density at radius 3 is 1.79 bits per heavy atom. The maximum Gasteiger partial charge on any atom is 0.322 e. The van der Waals surface area contributed by atoms with Gasteiger partial charge in [0.2, 0.25) is 35.4 Å². The smallest absolute Gasteiger partial charge is 0.322 e. The zero-order valence-corrected chi connectivity index (χ0v) is 22.2. The van der Waals surface area contributed by atoms with Crippen molar-refractivity contribution >= 4 is 41.4 Å². The van der Waals surface area contributed by atoms with Gasteiger partial charge in [0, 0.05) is 6.42 Å². The molecule has 39 heavy (non-hydrogen) atoms. The molecule has 6 amide bonds. The van der Waals surface area contributed by atoms with E-state index in [1.165, 1.54) is 13.8 Å². The van der Waals surface area contributed by atoms with E-state index in [9.17, 15) is 43.8 Å². The van der Waals surface area contributed by atoms with Crippen LogP contribution >= 0.6 is 0 Å². The molecular formula is C22H39N7O10. The average Bonchev–Trinajstić information content (AvgIpc) is 2.84. The number of carboxylic acids is 1. The molecular weight excluding hydrogens is 522 g/mol. The molecule has 0 aromatic carbocycles. The number of nitrogens with two attached hydrogens (primary N) is 2. The van der Waals surface area contributed by atoms with E-state index in [2.05, 4.69) is 26.6 Å². The number of primary amides is 1. The van der Waals surface area contributed by atoms with Crippen molar-refractivity contribution in [2.75, 3.05) is 13.2 Å². The van der Waals surface area contributed by atoms with Crippen LogP contribution in [0.5, 0.6) is 0 Å². The maximum atomic E-state index is 12.7. The lowest BCUT2D eigenvalue weighted by atomic mass is 10.0. The highest BCUT2D eigenvalue weighted by Gasteiger charge is 2.33. The van der Waals surface area contributed by atoms with Gasteiger partial charge in [-0.2, -0.15) is 0 Å². The van der Waals surface area contributed by atoms with Crippen LogP contribution in [0.25, 0.3) is 0 Å². The Morgan fingerprint density at radius 1 is 0.769 bits per heavy atom. The quantitative estimate of drug-likeness (QED) is 0.0800. The number of hydrogen-bond acceptors (Lipinski definition) is 10. The molecule has 0 unspecified atom stereocenters. The number of amides is 6. The Bertz CT molecular complexity index is 912. The largest absolute Gasteiger partial charge is 0.480 e. The van der Waals surface area contributed by atoms with Crippen molar-refractivity contribution in [2.24, 2.45) is 17.4 Å². The lowest BCUT2D eigenvalue weighted by Gasteiger charge is -2.27. The van der Waals surface area contributed by atoms with E-state index >= 15 is 0 Å². The third kappa shape index (κ3) is 13.0. The summed E-state index contributed by atoms with van der Waals surface area (Å²) in [6.45, 7) is 4.10. The Kier molecular flexibility index (Phi) is 15.2. The molecule has 0 radical (unpaired) electrons. The van der Waals surface area contributed by atoms with Gasteiger partial charge in [-0.25, -0.2) is 0 Å². The van der Waals surface area contributed by atoms with Crippen LogP contribution in [0.2, 0.25) is 0 Å². The number of hydrogen-bond donors (Lipinski definition) is 10. The molecule has 0 aliphatic rings. The molecule has 0 fully saturated rings. The Hall–Kier alpha value is -3.83. The lowest BCUT2D eigenvalue weighted by Crippen LogP contribution is -2.61. The van der Waals surface area contributed by atoms with Crippen LogP contribution in [0.15, 0.2) is 0 Å². The summed E-state index contributed by atoms with van der Waals surface area (Å²) in [5.74, 6) is -6.90. The number of carbonyl (C=O) groups excluding carboxylic acids is 6. The molecule has 6 atom stereocenters. The zero-order chi connectivity index (χ0) is 30.4. The van der Waals surface area contributed by atoms with Crippen LogP contribution in [0.3, 0.4) is 0 Å². The third-order valence-corrected chi connectivity index (χ3v) is 5.33. The molecule has 0 heterocycles. The van der Waals surface area contributed by atoms with Crippen LogP contribution in [0, 0.1) is 5.92 Å². The average molecular weight is 562 g/mol. The first kappa shape index (κ1) is 35.2. The van der Waals surface area contributed by atoms with Gasteiger partial charge in [-0.05, 0) is 26.2 Å².